The fourth-order valence-electron chi connectivity index (χ4n) is 26.5. The summed E-state index contributed by atoms with van der Waals surface area (Å²) >= 11 is 0. The number of hydrogen-bond acceptors (Lipinski definition) is 2. The molecule has 14 fully saturated rings. The van der Waals surface area contributed by atoms with Crippen LogP contribution in [0.4, 0.5) is 0 Å². The van der Waals surface area contributed by atoms with Crippen LogP contribution < -0.4 is 0 Å². The summed E-state index contributed by atoms with van der Waals surface area (Å²) in [6, 6.07) is 5.38. The smallest absolute Gasteiger partial charge is 0.0132 e. The molecule has 16 atom stereocenters. The minimum absolute atomic E-state index is 0.869. The second kappa shape index (κ2) is 27.2. The van der Waals surface area contributed by atoms with Gasteiger partial charge in [0.15, 0.2) is 0 Å². The molecule has 450 valence electrons. The summed E-state index contributed by atoms with van der Waals surface area (Å²) in [6.07, 6.45) is 88.3. The number of hydrogen-bond donors (Lipinski definition) is 0. The standard InChI is InChI=1S/C78H128N2/c1-5-21-55(22-6-1)37-39-57-41-45-63(46-42-57)79(61-27-9-3-10-28-61)75-51-49-71(67-33-17-19-35-69(67)75)77-65-31-15-13-25-59(65)54-74-73(77)53-60-26-14-16-32-66(60)78(74)72-50-52-76(70-36-20-18-34-68(70)72)80(62-29-11-4-12-30-62)64-47-43-58(44-48-64)40-38-56-23-7-2-8-24-56/h37-40,55-78H,1-36,41-54H2. The van der Waals surface area contributed by atoms with E-state index in [9.17, 15) is 0 Å². The molecule has 0 spiro atoms. The van der Waals surface area contributed by atoms with Crippen LogP contribution in [-0.2, 0) is 0 Å². The molecule has 2 heteroatoms. The Labute approximate surface area is 495 Å². The molecule has 0 saturated heterocycles. The highest BCUT2D eigenvalue weighted by Gasteiger charge is 2.61. The lowest BCUT2D eigenvalue weighted by molar-refractivity contribution is -0.161. The van der Waals surface area contributed by atoms with Crippen molar-refractivity contribution in [3.8, 4) is 0 Å². The van der Waals surface area contributed by atoms with E-state index in [0.29, 0.717) is 0 Å². The molecule has 0 N–H and O–H groups in total. The molecule has 0 bridgehead atoms. The topological polar surface area (TPSA) is 6.48 Å². The first-order valence-electron chi connectivity index (χ1n) is 38.6. The summed E-state index contributed by atoms with van der Waals surface area (Å²) in [5, 5.41) is 0. The van der Waals surface area contributed by atoms with Gasteiger partial charge in [0.2, 0.25) is 0 Å². The predicted octanol–water partition coefficient (Wildman–Crippen LogP) is 21.7. The van der Waals surface area contributed by atoms with Crippen LogP contribution in [0.1, 0.15) is 321 Å². The number of nitrogens with zero attached hydrogens (tertiary/aromatic N) is 2. The molecule has 80 heavy (non-hydrogen) atoms. The van der Waals surface area contributed by atoms with E-state index in [-0.39, 0.29) is 0 Å². The molecule has 16 unspecified atom stereocenters. The zero-order valence-corrected chi connectivity index (χ0v) is 52.4. The molecule has 0 amide bonds. The highest BCUT2D eigenvalue weighted by Crippen LogP contribution is 2.67. The molecule has 0 aromatic rings. The molecule has 14 saturated carbocycles. The first kappa shape index (κ1) is 57.2. The highest BCUT2D eigenvalue weighted by atomic mass is 15.2. The molecule has 14 aliphatic rings. The molecule has 0 aromatic carbocycles. The van der Waals surface area contributed by atoms with Crippen LogP contribution in [0.5, 0.6) is 0 Å². The average molecular weight is 1090 g/mol. The van der Waals surface area contributed by atoms with Crippen molar-refractivity contribution in [2.45, 2.75) is 357 Å². The predicted molar refractivity (Wildman–Crippen MR) is 338 cm³/mol. The largest absolute Gasteiger partial charge is 0.294 e. The molecule has 0 aromatic heterocycles. The van der Waals surface area contributed by atoms with Crippen LogP contribution in [0.15, 0.2) is 24.3 Å². The monoisotopic (exact) mass is 1090 g/mol. The van der Waals surface area contributed by atoms with Gasteiger partial charge < -0.3 is 0 Å². The van der Waals surface area contributed by atoms with Gasteiger partial charge in [0.25, 0.3) is 0 Å². The molecular weight excluding hydrogens is 965 g/mol. The SMILES string of the molecule is C(=CC1CCC(N(C2CCCCC2)C2CCC(C3C4CCCCC4CC4C3CC3CCCCC3C4C3CCC(N(C4CCCCC4)C4CCC(C=CC5CCCCC5)CC4)C4CCCCC34)C3CCCCC32)CC1)C1CCCCC1. The zero-order chi connectivity index (χ0) is 53.2. The van der Waals surface area contributed by atoms with E-state index in [1.807, 2.05) is 0 Å². The Hall–Kier alpha value is -0.600. The summed E-state index contributed by atoms with van der Waals surface area (Å²) < 4.78 is 0. The van der Waals surface area contributed by atoms with Crippen molar-refractivity contribution in [1.29, 1.82) is 0 Å². The Morgan fingerprint density at radius 1 is 0.188 bits per heavy atom. The van der Waals surface area contributed by atoms with E-state index in [2.05, 4.69) is 34.1 Å². The summed E-state index contributed by atoms with van der Waals surface area (Å²) in [5.74, 6) is 18.4. The molecule has 2 nitrogen and oxygen atoms in total. The van der Waals surface area contributed by atoms with Gasteiger partial charge in [0, 0.05) is 36.3 Å². The fraction of sp³-hybridized carbons (Fsp3) is 0.949. The number of rotatable bonds is 12. The van der Waals surface area contributed by atoms with E-state index in [4.69, 9.17) is 0 Å². The lowest BCUT2D eigenvalue weighted by Gasteiger charge is -2.65. The summed E-state index contributed by atoms with van der Waals surface area (Å²) in [5.41, 5.74) is 0. The maximum atomic E-state index is 3.46. The third-order valence-corrected chi connectivity index (χ3v) is 29.7. The second-order valence-electron chi connectivity index (χ2n) is 33.4. The fourth-order valence-corrected chi connectivity index (χ4v) is 26.5. The zero-order valence-electron chi connectivity index (χ0n) is 52.4. The van der Waals surface area contributed by atoms with Gasteiger partial charge in [-0.3, -0.25) is 9.80 Å². The molecule has 14 aliphatic carbocycles. The Morgan fingerprint density at radius 3 is 0.850 bits per heavy atom. The molecule has 0 radical (unpaired) electrons. The van der Waals surface area contributed by atoms with Crippen LogP contribution in [-0.4, -0.2) is 46.1 Å². The average Bonchev–Trinajstić information content (AvgIpc) is 3.60. The first-order valence-corrected chi connectivity index (χ1v) is 38.6. The highest BCUT2D eigenvalue weighted by molar-refractivity contribution is 5.11. The van der Waals surface area contributed by atoms with Crippen LogP contribution in [0.25, 0.3) is 0 Å². The van der Waals surface area contributed by atoms with Crippen molar-refractivity contribution in [1.82, 2.24) is 9.80 Å². The Kier molecular flexibility index (Phi) is 19.4. The van der Waals surface area contributed by atoms with E-state index < -0.39 is 0 Å². The normalized spacial score (nSPS) is 46.2. The molecule has 0 aliphatic heterocycles. The van der Waals surface area contributed by atoms with Gasteiger partial charge in [-0.05, 0) is 286 Å². The molecular formula is C78H128N2. The number of fused-ring (bicyclic) bond motifs is 5. The van der Waals surface area contributed by atoms with Gasteiger partial charge >= 0.3 is 0 Å². The van der Waals surface area contributed by atoms with Crippen molar-refractivity contribution >= 4 is 0 Å². The van der Waals surface area contributed by atoms with Gasteiger partial charge in [-0.2, -0.15) is 0 Å². The maximum Gasteiger partial charge on any atom is 0.0132 e. The van der Waals surface area contributed by atoms with Gasteiger partial charge in [-0.1, -0.05) is 166 Å². The van der Waals surface area contributed by atoms with Crippen molar-refractivity contribution in [3.05, 3.63) is 24.3 Å². The Balaban J connectivity index is 0.723. The number of allylic oxidation sites excluding steroid dienone is 4. The van der Waals surface area contributed by atoms with E-state index in [1.54, 1.807) is 141 Å². The van der Waals surface area contributed by atoms with Crippen molar-refractivity contribution in [3.63, 3.8) is 0 Å². The minimum Gasteiger partial charge on any atom is -0.294 e. The third-order valence-electron chi connectivity index (χ3n) is 29.7. The van der Waals surface area contributed by atoms with Crippen LogP contribution in [0, 0.1) is 107 Å². The van der Waals surface area contributed by atoms with Gasteiger partial charge in [0.05, 0.1) is 0 Å². The Morgan fingerprint density at radius 2 is 0.475 bits per heavy atom. The lowest BCUT2D eigenvalue weighted by Crippen LogP contribution is -2.61. The van der Waals surface area contributed by atoms with Gasteiger partial charge in [0.1, 0.15) is 0 Å². The van der Waals surface area contributed by atoms with Crippen molar-refractivity contribution < 1.29 is 0 Å². The van der Waals surface area contributed by atoms with E-state index in [0.717, 1.165) is 143 Å². The van der Waals surface area contributed by atoms with Crippen molar-refractivity contribution in [2.24, 2.45) is 107 Å². The van der Waals surface area contributed by atoms with Gasteiger partial charge in [-0.25, -0.2) is 0 Å². The maximum absolute atomic E-state index is 3.46. The molecule has 0 heterocycles. The van der Waals surface area contributed by atoms with Crippen LogP contribution in [0.3, 0.4) is 0 Å². The summed E-state index contributed by atoms with van der Waals surface area (Å²) in [7, 11) is 0. The molecule has 14 rings (SSSR count). The van der Waals surface area contributed by atoms with Crippen LogP contribution >= 0.6 is 0 Å². The summed E-state index contributed by atoms with van der Waals surface area (Å²) in [6.45, 7) is 0. The second-order valence-corrected chi connectivity index (χ2v) is 33.4. The van der Waals surface area contributed by atoms with Gasteiger partial charge in [-0.15, -0.1) is 0 Å². The van der Waals surface area contributed by atoms with E-state index in [1.165, 1.54) is 180 Å². The lowest BCUT2D eigenvalue weighted by atomic mass is 9.41. The van der Waals surface area contributed by atoms with Crippen LogP contribution in [0.2, 0.25) is 0 Å². The first-order chi connectivity index (χ1) is 39.7. The van der Waals surface area contributed by atoms with E-state index >= 15 is 0 Å². The quantitative estimate of drug-likeness (QED) is 0.180. The third kappa shape index (κ3) is 12.3. The van der Waals surface area contributed by atoms with Crippen molar-refractivity contribution in [2.75, 3.05) is 0 Å². The summed E-state index contributed by atoms with van der Waals surface area (Å²) in [4.78, 5) is 6.92. The Bertz CT molecular complexity index is 1790. The minimum atomic E-state index is 0.869.